The highest BCUT2D eigenvalue weighted by Gasteiger charge is 2.27. The summed E-state index contributed by atoms with van der Waals surface area (Å²) >= 11 is 0. The van der Waals surface area contributed by atoms with Crippen LogP contribution >= 0.6 is 0 Å². The molecule has 0 N–H and O–H groups in total. The van der Waals surface area contributed by atoms with Crippen molar-refractivity contribution in [3.8, 4) is 0 Å². The molecule has 1 fully saturated rings. The fourth-order valence-electron chi connectivity index (χ4n) is 2.40. The van der Waals surface area contributed by atoms with Crippen LogP contribution in [-0.4, -0.2) is 42.1 Å². The molecule has 106 valence electrons. The van der Waals surface area contributed by atoms with E-state index < -0.39 is 0 Å². The predicted octanol–water partition coefficient (Wildman–Crippen LogP) is 2.10. The van der Waals surface area contributed by atoms with Gasteiger partial charge in [0.1, 0.15) is 11.4 Å². The molecule has 0 saturated carbocycles. The van der Waals surface area contributed by atoms with Gasteiger partial charge in [0, 0.05) is 13.1 Å². The molecule has 1 aromatic carbocycles. The number of morpholine rings is 1. The first-order valence-electron chi connectivity index (χ1n) is 6.89. The largest absolute Gasteiger partial charge is 0.440 e. The van der Waals surface area contributed by atoms with Gasteiger partial charge in [-0.15, -0.1) is 0 Å². The van der Waals surface area contributed by atoms with Crippen LogP contribution in [0.4, 0.5) is 0 Å². The van der Waals surface area contributed by atoms with Gasteiger partial charge in [-0.3, -0.25) is 4.79 Å². The number of fused-ring (bicyclic) bond motifs is 1. The maximum Gasteiger partial charge on any atom is 0.234 e. The van der Waals surface area contributed by atoms with E-state index in [4.69, 9.17) is 9.15 Å². The van der Waals surface area contributed by atoms with Crippen LogP contribution in [0.2, 0.25) is 0 Å². The van der Waals surface area contributed by atoms with Crippen molar-refractivity contribution < 1.29 is 13.9 Å². The zero-order valence-electron chi connectivity index (χ0n) is 11.8. The van der Waals surface area contributed by atoms with Crippen LogP contribution in [-0.2, 0) is 9.53 Å². The molecule has 0 radical (unpaired) electrons. The molecule has 1 aromatic heterocycles. The number of hydrogen-bond acceptors (Lipinski definition) is 4. The van der Waals surface area contributed by atoms with Crippen LogP contribution in [0.3, 0.4) is 0 Å². The van der Waals surface area contributed by atoms with Crippen molar-refractivity contribution in [2.45, 2.75) is 19.8 Å². The van der Waals surface area contributed by atoms with Crippen molar-refractivity contribution in [2.24, 2.45) is 0 Å². The Morgan fingerprint density at radius 3 is 2.85 bits per heavy atom. The molecule has 1 aliphatic heterocycles. The molecule has 20 heavy (non-hydrogen) atoms. The van der Waals surface area contributed by atoms with E-state index in [2.05, 4.69) is 4.98 Å². The number of nitrogens with zero attached hydrogens (tertiary/aromatic N) is 2. The zero-order valence-corrected chi connectivity index (χ0v) is 11.8. The van der Waals surface area contributed by atoms with Crippen molar-refractivity contribution >= 4 is 17.0 Å². The van der Waals surface area contributed by atoms with Crippen LogP contribution in [0.1, 0.15) is 24.3 Å². The van der Waals surface area contributed by atoms with Crippen molar-refractivity contribution in [1.29, 1.82) is 0 Å². The summed E-state index contributed by atoms with van der Waals surface area (Å²) in [6, 6.07) is 5.84. The Morgan fingerprint density at radius 2 is 2.10 bits per heavy atom. The zero-order chi connectivity index (χ0) is 14.1. The molecule has 2 aromatic rings. The second kappa shape index (κ2) is 5.25. The summed E-state index contributed by atoms with van der Waals surface area (Å²) in [6.07, 6.45) is 0. The summed E-state index contributed by atoms with van der Waals surface area (Å²) in [5, 5.41) is 0. The predicted molar refractivity (Wildman–Crippen MR) is 74.6 cm³/mol. The molecule has 1 aliphatic rings. The highest BCUT2D eigenvalue weighted by Crippen LogP contribution is 2.24. The van der Waals surface area contributed by atoms with Crippen LogP contribution in [0.25, 0.3) is 11.1 Å². The first-order valence-corrected chi connectivity index (χ1v) is 6.89. The maximum atomic E-state index is 12.4. The van der Waals surface area contributed by atoms with Gasteiger partial charge in [0.15, 0.2) is 5.58 Å². The molecular formula is C15H18N2O3. The smallest absolute Gasteiger partial charge is 0.234 e. The molecule has 3 rings (SSSR count). The lowest BCUT2D eigenvalue weighted by Gasteiger charge is -2.28. The number of rotatable bonds is 2. The van der Waals surface area contributed by atoms with Gasteiger partial charge < -0.3 is 14.1 Å². The summed E-state index contributed by atoms with van der Waals surface area (Å²) in [5.74, 6) is 0.180. The van der Waals surface area contributed by atoms with Gasteiger partial charge in [-0.1, -0.05) is 6.07 Å². The standard InChI is InChI=1S/C15H18N2O3/c1-10-3-4-13-12(9-10)16-14(20-13)11(2)15(18)17-5-7-19-8-6-17/h3-4,9,11H,5-8H2,1-2H3. The fraction of sp³-hybridized carbons (Fsp3) is 0.467. The number of aryl methyl sites for hydroxylation is 1. The molecular weight excluding hydrogens is 256 g/mol. The second-order valence-corrected chi connectivity index (χ2v) is 5.18. The van der Waals surface area contributed by atoms with Crippen molar-refractivity contribution in [1.82, 2.24) is 9.88 Å². The van der Waals surface area contributed by atoms with E-state index in [0.29, 0.717) is 32.2 Å². The molecule has 0 bridgehead atoms. The quantitative estimate of drug-likeness (QED) is 0.841. The summed E-state index contributed by atoms with van der Waals surface area (Å²) in [4.78, 5) is 18.7. The fourth-order valence-corrected chi connectivity index (χ4v) is 2.40. The number of ether oxygens (including phenoxy) is 1. The van der Waals surface area contributed by atoms with Gasteiger partial charge in [0.05, 0.1) is 13.2 Å². The Labute approximate surface area is 117 Å². The number of amides is 1. The highest BCUT2D eigenvalue weighted by atomic mass is 16.5. The Hall–Kier alpha value is -1.88. The molecule has 1 amide bonds. The van der Waals surface area contributed by atoms with Crippen molar-refractivity contribution in [2.75, 3.05) is 26.3 Å². The highest BCUT2D eigenvalue weighted by molar-refractivity contribution is 5.83. The summed E-state index contributed by atoms with van der Waals surface area (Å²) in [7, 11) is 0. The third-order valence-corrected chi connectivity index (χ3v) is 3.62. The molecule has 0 aliphatic carbocycles. The Morgan fingerprint density at radius 1 is 1.35 bits per heavy atom. The minimum absolute atomic E-state index is 0.0524. The number of hydrogen-bond donors (Lipinski definition) is 0. The van der Waals surface area contributed by atoms with Gasteiger partial charge in [0.25, 0.3) is 0 Å². The average molecular weight is 274 g/mol. The van der Waals surface area contributed by atoms with Crippen LogP contribution < -0.4 is 0 Å². The Balaban J connectivity index is 1.83. The van der Waals surface area contributed by atoms with E-state index in [9.17, 15) is 4.79 Å². The van der Waals surface area contributed by atoms with E-state index >= 15 is 0 Å². The molecule has 5 heteroatoms. The first-order chi connectivity index (χ1) is 9.65. The minimum Gasteiger partial charge on any atom is -0.440 e. The molecule has 2 heterocycles. The SMILES string of the molecule is Cc1ccc2oc(C(C)C(=O)N3CCOCC3)nc2c1. The van der Waals surface area contributed by atoms with E-state index in [1.165, 1.54) is 0 Å². The number of benzene rings is 1. The number of carbonyl (C=O) groups excluding carboxylic acids is 1. The Bertz CT molecular complexity index is 629. The molecule has 1 saturated heterocycles. The maximum absolute atomic E-state index is 12.4. The first kappa shape index (κ1) is 13.1. The molecule has 1 unspecified atom stereocenters. The molecule has 5 nitrogen and oxygen atoms in total. The number of carbonyl (C=O) groups is 1. The van der Waals surface area contributed by atoms with Crippen LogP contribution in [0.15, 0.2) is 22.6 Å². The monoisotopic (exact) mass is 274 g/mol. The number of oxazole rings is 1. The van der Waals surface area contributed by atoms with Crippen molar-refractivity contribution in [3.05, 3.63) is 29.7 Å². The third-order valence-electron chi connectivity index (χ3n) is 3.62. The van der Waals surface area contributed by atoms with E-state index in [1.54, 1.807) is 0 Å². The Kier molecular flexibility index (Phi) is 3.44. The number of aromatic nitrogens is 1. The van der Waals surface area contributed by atoms with Gasteiger partial charge in [-0.2, -0.15) is 0 Å². The van der Waals surface area contributed by atoms with Gasteiger partial charge in [-0.05, 0) is 31.5 Å². The van der Waals surface area contributed by atoms with Gasteiger partial charge >= 0.3 is 0 Å². The van der Waals surface area contributed by atoms with Crippen molar-refractivity contribution in [3.63, 3.8) is 0 Å². The average Bonchev–Trinajstić information content (AvgIpc) is 2.89. The topological polar surface area (TPSA) is 55.6 Å². The normalized spacial score (nSPS) is 17.4. The third kappa shape index (κ3) is 2.41. The van der Waals surface area contributed by atoms with E-state index in [0.717, 1.165) is 16.7 Å². The summed E-state index contributed by atoms with van der Waals surface area (Å²) < 4.78 is 11.0. The summed E-state index contributed by atoms with van der Waals surface area (Å²) in [5.41, 5.74) is 2.67. The minimum atomic E-state index is -0.360. The molecule has 1 atom stereocenters. The lowest BCUT2D eigenvalue weighted by molar-refractivity contribution is -0.136. The van der Waals surface area contributed by atoms with Crippen LogP contribution in [0, 0.1) is 6.92 Å². The van der Waals surface area contributed by atoms with Crippen LogP contribution in [0.5, 0.6) is 0 Å². The summed E-state index contributed by atoms with van der Waals surface area (Å²) in [6.45, 7) is 6.34. The van der Waals surface area contributed by atoms with E-state index in [1.807, 2.05) is 36.9 Å². The lowest BCUT2D eigenvalue weighted by Crippen LogP contribution is -2.42. The van der Waals surface area contributed by atoms with Gasteiger partial charge in [0.2, 0.25) is 11.8 Å². The molecule has 0 spiro atoms. The second-order valence-electron chi connectivity index (χ2n) is 5.18. The van der Waals surface area contributed by atoms with E-state index in [-0.39, 0.29) is 11.8 Å². The lowest BCUT2D eigenvalue weighted by atomic mass is 10.1. The van der Waals surface area contributed by atoms with Gasteiger partial charge in [-0.25, -0.2) is 4.98 Å².